The molecule has 2 unspecified atom stereocenters. The minimum atomic E-state index is 0.210. The lowest BCUT2D eigenvalue weighted by molar-refractivity contribution is -0.0281. The molecule has 3 heteroatoms. The van der Waals surface area contributed by atoms with Gasteiger partial charge in [-0.05, 0) is 249 Å². The first-order valence-electron chi connectivity index (χ1n) is 30.7. The van der Waals surface area contributed by atoms with E-state index in [0.717, 1.165) is 48.9 Å². The second-order valence-corrected chi connectivity index (χ2v) is 24.4. The Balaban J connectivity index is 0.999. The van der Waals surface area contributed by atoms with Crippen molar-refractivity contribution in [2.45, 2.75) is 154 Å². The predicted octanol–water partition coefficient (Wildman–Crippen LogP) is 21.5. The van der Waals surface area contributed by atoms with Gasteiger partial charge in [0, 0.05) is 50.6 Å². The number of anilines is 6. The summed E-state index contributed by atoms with van der Waals surface area (Å²) in [5, 5.41) is 2.50. The van der Waals surface area contributed by atoms with Crippen LogP contribution in [-0.4, -0.2) is 4.57 Å². The van der Waals surface area contributed by atoms with Gasteiger partial charge in [-0.25, -0.2) is 0 Å². The number of nitrogens with zero attached hydrogens (tertiary/aromatic N) is 3. The van der Waals surface area contributed by atoms with Gasteiger partial charge in [0.2, 0.25) is 0 Å². The quantitative estimate of drug-likeness (QED) is 0.0670. The molecule has 9 aromatic rings. The van der Waals surface area contributed by atoms with Gasteiger partial charge in [-0.15, -0.1) is 0 Å². The van der Waals surface area contributed by atoms with Crippen molar-refractivity contribution < 1.29 is 0 Å². The van der Waals surface area contributed by atoms with E-state index >= 15 is 0 Å². The van der Waals surface area contributed by atoms with Crippen LogP contribution < -0.4 is 9.80 Å². The van der Waals surface area contributed by atoms with Crippen molar-refractivity contribution in [2.75, 3.05) is 9.80 Å². The first-order chi connectivity index (χ1) is 38.8. The molecular weight excluding hydrogens is 955 g/mol. The van der Waals surface area contributed by atoms with Crippen LogP contribution in [-0.2, 0) is 36.5 Å². The molecule has 2 atom stereocenters. The number of aromatic nitrogens is 1. The third kappa shape index (κ3) is 10.5. The molecule has 8 aromatic carbocycles. The molecule has 0 spiro atoms. The van der Waals surface area contributed by atoms with E-state index in [-0.39, 0.29) is 10.8 Å². The van der Waals surface area contributed by atoms with Crippen molar-refractivity contribution in [3.8, 4) is 5.69 Å². The smallest absolute Gasteiger partial charge is 0.0542 e. The van der Waals surface area contributed by atoms with Crippen molar-refractivity contribution in [3.05, 3.63) is 228 Å². The second-order valence-electron chi connectivity index (χ2n) is 24.4. The number of fused-ring (bicyclic) bond motifs is 3. The van der Waals surface area contributed by atoms with Crippen molar-refractivity contribution in [1.29, 1.82) is 0 Å². The highest BCUT2D eigenvalue weighted by Crippen LogP contribution is 2.66. The minimum Gasteiger partial charge on any atom is -0.310 e. The highest BCUT2D eigenvalue weighted by molar-refractivity contribution is 6.12. The Bertz CT molecular complexity index is 3220. The zero-order chi connectivity index (χ0) is 53.9. The Morgan fingerprint density at radius 3 is 1.08 bits per heavy atom. The van der Waals surface area contributed by atoms with Crippen LogP contribution >= 0.6 is 0 Å². The van der Waals surface area contributed by atoms with E-state index in [0.29, 0.717) is 0 Å². The summed E-state index contributed by atoms with van der Waals surface area (Å²) >= 11 is 0. The van der Waals surface area contributed by atoms with E-state index in [1.165, 1.54) is 174 Å². The van der Waals surface area contributed by atoms with Crippen LogP contribution in [0, 0.1) is 11.8 Å². The van der Waals surface area contributed by atoms with Crippen LogP contribution in [0.4, 0.5) is 34.1 Å². The topological polar surface area (TPSA) is 11.4 Å². The molecule has 0 amide bonds. The van der Waals surface area contributed by atoms with E-state index in [1.807, 2.05) is 6.08 Å². The van der Waals surface area contributed by atoms with Crippen LogP contribution in [0.2, 0.25) is 0 Å². The summed E-state index contributed by atoms with van der Waals surface area (Å²) in [6, 6.07) is 71.4. The van der Waals surface area contributed by atoms with Gasteiger partial charge >= 0.3 is 0 Å². The third-order valence-corrected chi connectivity index (χ3v) is 18.9. The lowest BCUT2D eigenvalue weighted by atomic mass is 9.42. The fourth-order valence-corrected chi connectivity index (χ4v) is 15.1. The van der Waals surface area contributed by atoms with Gasteiger partial charge in [0.25, 0.3) is 0 Å². The molecule has 4 saturated carbocycles. The lowest BCUT2D eigenvalue weighted by Gasteiger charge is -2.63. The van der Waals surface area contributed by atoms with Crippen LogP contribution in [0.25, 0.3) is 33.6 Å². The summed E-state index contributed by atoms with van der Waals surface area (Å²) in [6.07, 6.45) is 23.9. The van der Waals surface area contributed by atoms with Crippen molar-refractivity contribution in [2.24, 2.45) is 11.8 Å². The first kappa shape index (κ1) is 52.6. The van der Waals surface area contributed by atoms with Gasteiger partial charge in [0.1, 0.15) is 0 Å². The van der Waals surface area contributed by atoms with Crippen LogP contribution in [0.5, 0.6) is 0 Å². The average molecular weight is 1040 g/mol. The van der Waals surface area contributed by atoms with Gasteiger partial charge in [0.05, 0.1) is 11.0 Å². The van der Waals surface area contributed by atoms with Gasteiger partial charge in [-0.1, -0.05) is 151 Å². The summed E-state index contributed by atoms with van der Waals surface area (Å²) < 4.78 is 2.55. The van der Waals surface area contributed by atoms with Gasteiger partial charge in [-0.3, -0.25) is 0 Å². The molecule has 1 aromatic heterocycles. The molecule has 0 N–H and O–H groups in total. The normalized spacial score (nSPS) is 19.3. The molecule has 4 aliphatic rings. The molecule has 402 valence electrons. The number of aryl methyl sites for hydroxylation is 4. The number of hydrogen-bond donors (Lipinski definition) is 0. The molecule has 1 heterocycles. The zero-order valence-corrected chi connectivity index (χ0v) is 47.8. The number of unbranched alkanes of at least 4 members (excludes halogenated alkanes) is 4. The van der Waals surface area contributed by atoms with Gasteiger partial charge in [0.15, 0.2) is 0 Å². The second kappa shape index (κ2) is 22.9. The van der Waals surface area contributed by atoms with Crippen molar-refractivity contribution in [3.63, 3.8) is 0 Å². The molecule has 0 radical (unpaired) electrons. The summed E-state index contributed by atoms with van der Waals surface area (Å²) in [6.45, 7) is 13.2. The Morgan fingerprint density at radius 1 is 0.418 bits per heavy atom. The SMILES string of the molecule is C=Cc1ccc(C23CC4CC(C2)CC(c2ccc(-n5c6ccc(N(c7ccc(CCCC)cc7)c7ccc(CCCC)cc7)cc6c6cc(N(c7ccc(CCCC)cc7)c7ccc(CCCC)cc7)ccc65)cc2)(C4)C3)cc1. The van der Waals surface area contributed by atoms with E-state index in [4.69, 9.17) is 0 Å². The number of benzene rings is 8. The van der Waals surface area contributed by atoms with Crippen LogP contribution in [0.1, 0.15) is 157 Å². The highest BCUT2D eigenvalue weighted by atomic mass is 15.1. The summed E-state index contributed by atoms with van der Waals surface area (Å²) in [4.78, 5) is 4.96. The number of rotatable bonds is 22. The first-order valence-corrected chi connectivity index (χ1v) is 30.7. The molecule has 79 heavy (non-hydrogen) atoms. The standard InChI is InChI=1S/C76H83N3/c1-6-11-15-56-21-33-64(34-22-56)77(65-35-23-57(24-36-65)16-12-7-2)69-43-45-73-71(48-69)72-49-70(78(66-37-25-58(26-38-66)17-13-8-3)67-39-27-59(28-40-67)18-14-9-4)44-46-74(72)79(73)68-41-31-63(32-42-68)76-52-60-47-61(53-76)51-75(50-60,54-76)62-29-19-55(10-5)20-30-62/h10,19-46,48-49,60-61H,5-9,11-18,47,50-54H2,1-4H3. The maximum absolute atomic E-state index is 4.06. The monoisotopic (exact) mass is 1040 g/mol. The molecule has 4 bridgehead atoms. The molecule has 3 nitrogen and oxygen atoms in total. The maximum atomic E-state index is 4.06. The molecule has 13 rings (SSSR count). The van der Waals surface area contributed by atoms with E-state index in [1.54, 1.807) is 5.56 Å². The predicted molar refractivity (Wildman–Crippen MR) is 339 cm³/mol. The zero-order valence-electron chi connectivity index (χ0n) is 47.8. The van der Waals surface area contributed by atoms with E-state index in [2.05, 4.69) is 231 Å². The molecule has 0 aliphatic heterocycles. The van der Waals surface area contributed by atoms with E-state index < -0.39 is 0 Å². The Morgan fingerprint density at radius 2 is 0.747 bits per heavy atom. The minimum absolute atomic E-state index is 0.210. The molecule has 0 saturated heterocycles. The lowest BCUT2D eigenvalue weighted by Crippen LogP contribution is -2.55. The third-order valence-electron chi connectivity index (χ3n) is 18.9. The average Bonchev–Trinajstić information content (AvgIpc) is 4.03. The Labute approximate surface area is 473 Å². The summed E-state index contributed by atoms with van der Waals surface area (Å²) in [7, 11) is 0. The van der Waals surface area contributed by atoms with Crippen molar-refractivity contribution in [1.82, 2.24) is 4.57 Å². The maximum Gasteiger partial charge on any atom is 0.0542 e. The Kier molecular flexibility index (Phi) is 15.3. The van der Waals surface area contributed by atoms with Gasteiger partial charge in [-0.2, -0.15) is 0 Å². The van der Waals surface area contributed by atoms with Crippen LogP contribution in [0.3, 0.4) is 0 Å². The van der Waals surface area contributed by atoms with E-state index in [9.17, 15) is 0 Å². The van der Waals surface area contributed by atoms with Crippen LogP contribution in [0.15, 0.2) is 189 Å². The fraction of sp³-hybridized carbons (Fsp3) is 0.342. The summed E-state index contributed by atoms with van der Waals surface area (Å²) in [5.41, 5.74) is 21.0. The largest absolute Gasteiger partial charge is 0.310 e. The van der Waals surface area contributed by atoms with Gasteiger partial charge < -0.3 is 14.4 Å². The van der Waals surface area contributed by atoms with Crippen molar-refractivity contribution >= 4 is 62.0 Å². The summed E-state index contributed by atoms with van der Waals surface area (Å²) in [5.74, 6) is 1.58. The molecule has 4 aliphatic carbocycles. The number of hydrogen-bond acceptors (Lipinski definition) is 2. The Hall–Kier alpha value is -7.10. The highest BCUT2D eigenvalue weighted by Gasteiger charge is 2.58. The molecular formula is C76H83N3. The fourth-order valence-electron chi connectivity index (χ4n) is 15.1. The molecule has 4 fully saturated rings.